The van der Waals surface area contributed by atoms with E-state index in [1.165, 1.54) is 6.08 Å². The Morgan fingerprint density at radius 2 is 1.80 bits per heavy atom. The Bertz CT molecular complexity index is 454. The molecule has 0 bridgehead atoms. The van der Waals surface area contributed by atoms with Gasteiger partial charge in [-0.15, -0.1) is 6.42 Å². The molecule has 0 aromatic heterocycles. The summed E-state index contributed by atoms with van der Waals surface area (Å²) in [5.74, 6) is 3.04. The van der Waals surface area contributed by atoms with Crippen LogP contribution < -0.4 is 4.74 Å². The molecule has 3 nitrogen and oxygen atoms in total. The first-order valence-electron chi connectivity index (χ1n) is 6.75. The van der Waals surface area contributed by atoms with Gasteiger partial charge in [0.15, 0.2) is 0 Å². The molecular weight excluding hydrogens is 252 g/mol. The van der Waals surface area contributed by atoms with Crippen molar-refractivity contribution in [1.29, 1.82) is 0 Å². The predicted octanol–water partition coefficient (Wildman–Crippen LogP) is 3.34. The van der Waals surface area contributed by atoms with Crippen molar-refractivity contribution in [2.45, 2.75) is 25.7 Å². The number of hydrogen-bond acceptors (Lipinski definition) is 3. The molecule has 0 spiro atoms. The average molecular weight is 272 g/mol. The molecule has 1 rings (SSSR count). The smallest absolute Gasteiger partial charge is 0.330 e. The second-order valence-electron chi connectivity index (χ2n) is 4.30. The van der Waals surface area contributed by atoms with Gasteiger partial charge in [-0.3, -0.25) is 0 Å². The molecule has 0 aliphatic carbocycles. The van der Waals surface area contributed by atoms with Crippen LogP contribution in [0.1, 0.15) is 31.2 Å². The van der Waals surface area contributed by atoms with E-state index in [1.807, 2.05) is 24.3 Å². The average Bonchev–Trinajstić information content (AvgIpc) is 2.50. The van der Waals surface area contributed by atoms with Crippen LogP contribution in [-0.4, -0.2) is 19.2 Å². The molecule has 0 atom stereocenters. The number of ether oxygens (including phenoxy) is 2. The van der Waals surface area contributed by atoms with Gasteiger partial charge in [-0.2, -0.15) is 0 Å². The van der Waals surface area contributed by atoms with Crippen molar-refractivity contribution >= 4 is 5.97 Å². The van der Waals surface area contributed by atoms with Crippen LogP contribution in [0.5, 0.6) is 5.75 Å². The number of carbonyl (C=O) groups is 1. The molecule has 0 heterocycles. The van der Waals surface area contributed by atoms with E-state index >= 15 is 0 Å². The van der Waals surface area contributed by atoms with Gasteiger partial charge in [0.25, 0.3) is 0 Å². The van der Waals surface area contributed by atoms with E-state index in [1.54, 1.807) is 0 Å². The Labute approximate surface area is 120 Å². The Morgan fingerprint density at radius 1 is 1.15 bits per heavy atom. The van der Waals surface area contributed by atoms with Gasteiger partial charge in [-0.25, -0.2) is 4.79 Å². The normalized spacial score (nSPS) is 9.55. The summed E-state index contributed by atoms with van der Waals surface area (Å²) < 4.78 is 10.5. The lowest BCUT2D eigenvalue weighted by Gasteiger charge is -2.06. The molecule has 1 aromatic carbocycles. The van der Waals surface area contributed by atoms with Gasteiger partial charge in [-0.1, -0.05) is 12.5 Å². The van der Waals surface area contributed by atoms with Gasteiger partial charge in [0.05, 0.1) is 13.2 Å². The maximum atomic E-state index is 10.8. The Hall–Kier alpha value is -2.21. The lowest BCUT2D eigenvalue weighted by atomic mass is 10.2. The Morgan fingerprint density at radius 3 is 2.40 bits per heavy atom. The van der Waals surface area contributed by atoms with E-state index in [9.17, 15) is 4.79 Å². The number of hydrogen-bond donors (Lipinski definition) is 0. The highest BCUT2D eigenvalue weighted by atomic mass is 16.5. The van der Waals surface area contributed by atoms with E-state index in [0.717, 1.165) is 37.0 Å². The minimum absolute atomic E-state index is 0.358. The first kappa shape index (κ1) is 15.8. The molecule has 1 aromatic rings. The van der Waals surface area contributed by atoms with E-state index < -0.39 is 0 Å². The molecule has 0 saturated carbocycles. The topological polar surface area (TPSA) is 35.5 Å². The summed E-state index contributed by atoms with van der Waals surface area (Å²) >= 11 is 0. The number of benzene rings is 1. The van der Waals surface area contributed by atoms with E-state index in [2.05, 4.69) is 12.5 Å². The van der Waals surface area contributed by atoms with Crippen LogP contribution in [0.4, 0.5) is 0 Å². The fourth-order valence-corrected chi connectivity index (χ4v) is 1.63. The van der Waals surface area contributed by atoms with Gasteiger partial charge in [0.2, 0.25) is 0 Å². The third kappa shape index (κ3) is 6.65. The van der Waals surface area contributed by atoms with Gasteiger partial charge >= 0.3 is 5.97 Å². The highest BCUT2D eigenvalue weighted by Gasteiger charge is 1.97. The quantitative estimate of drug-likeness (QED) is 0.299. The fraction of sp³-hybridized carbons (Fsp3) is 0.353. The number of esters is 1. The molecule has 0 N–H and O–H groups in total. The molecule has 106 valence electrons. The van der Waals surface area contributed by atoms with Crippen molar-refractivity contribution in [1.82, 2.24) is 0 Å². The molecule has 0 radical (unpaired) electrons. The third-order valence-electron chi connectivity index (χ3n) is 2.74. The maximum absolute atomic E-state index is 10.8. The number of unbranched alkanes of at least 4 members (excludes halogenated alkanes) is 3. The standard InChI is InChI=1S/C17H20O3/c1-3-15-9-11-16(12-10-15)19-13-7-5-6-8-14-20-17(18)4-2/h1,4,9-12H,2,5-8,13-14H2. The molecule has 0 aliphatic rings. The Balaban J connectivity index is 2.00. The molecule has 0 fully saturated rings. The van der Waals surface area contributed by atoms with Gasteiger partial charge in [-0.05, 0) is 49.9 Å². The summed E-state index contributed by atoms with van der Waals surface area (Å²) in [6.07, 6.45) is 10.4. The first-order valence-corrected chi connectivity index (χ1v) is 6.75. The molecule has 20 heavy (non-hydrogen) atoms. The van der Waals surface area contributed by atoms with Gasteiger partial charge in [0.1, 0.15) is 5.75 Å². The first-order chi connectivity index (χ1) is 9.76. The monoisotopic (exact) mass is 272 g/mol. The molecule has 0 aliphatic heterocycles. The lowest BCUT2D eigenvalue weighted by molar-refractivity contribution is -0.137. The number of terminal acetylenes is 1. The second-order valence-corrected chi connectivity index (χ2v) is 4.30. The van der Waals surface area contributed by atoms with Gasteiger partial charge in [0, 0.05) is 11.6 Å². The minimum Gasteiger partial charge on any atom is -0.494 e. The van der Waals surface area contributed by atoms with E-state index in [4.69, 9.17) is 15.9 Å². The predicted molar refractivity (Wildman–Crippen MR) is 79.5 cm³/mol. The van der Waals surface area contributed by atoms with E-state index in [-0.39, 0.29) is 5.97 Å². The molecule has 0 unspecified atom stereocenters. The number of rotatable bonds is 9. The highest BCUT2D eigenvalue weighted by Crippen LogP contribution is 2.12. The summed E-state index contributed by atoms with van der Waals surface area (Å²) in [4.78, 5) is 10.8. The fourth-order valence-electron chi connectivity index (χ4n) is 1.63. The van der Waals surface area contributed by atoms with Crippen LogP contribution in [0.2, 0.25) is 0 Å². The molecule has 3 heteroatoms. The lowest BCUT2D eigenvalue weighted by Crippen LogP contribution is -2.02. The second kappa shape index (κ2) is 9.69. The zero-order valence-electron chi connectivity index (χ0n) is 11.6. The van der Waals surface area contributed by atoms with Crippen LogP contribution >= 0.6 is 0 Å². The zero-order valence-corrected chi connectivity index (χ0v) is 11.6. The van der Waals surface area contributed by atoms with Crippen molar-refractivity contribution < 1.29 is 14.3 Å². The summed E-state index contributed by atoms with van der Waals surface area (Å²) in [5, 5.41) is 0. The van der Waals surface area contributed by atoms with Crippen molar-refractivity contribution in [3.63, 3.8) is 0 Å². The van der Waals surface area contributed by atoms with E-state index in [0.29, 0.717) is 13.2 Å². The van der Waals surface area contributed by atoms with Crippen molar-refractivity contribution in [3.05, 3.63) is 42.5 Å². The molecule has 0 saturated heterocycles. The maximum Gasteiger partial charge on any atom is 0.330 e. The van der Waals surface area contributed by atoms with Crippen LogP contribution in [0.3, 0.4) is 0 Å². The highest BCUT2D eigenvalue weighted by molar-refractivity contribution is 5.81. The summed E-state index contributed by atoms with van der Waals surface area (Å²) in [5.41, 5.74) is 0.853. The summed E-state index contributed by atoms with van der Waals surface area (Å²) in [6, 6.07) is 7.49. The minimum atomic E-state index is -0.358. The Kier molecular flexibility index (Phi) is 7.67. The van der Waals surface area contributed by atoms with Crippen LogP contribution in [0, 0.1) is 12.3 Å². The summed E-state index contributed by atoms with van der Waals surface area (Å²) in [7, 11) is 0. The van der Waals surface area contributed by atoms with Crippen LogP contribution in [0.15, 0.2) is 36.9 Å². The molecule has 0 amide bonds. The van der Waals surface area contributed by atoms with Crippen molar-refractivity contribution in [3.8, 4) is 18.1 Å². The van der Waals surface area contributed by atoms with Crippen LogP contribution in [-0.2, 0) is 9.53 Å². The van der Waals surface area contributed by atoms with Crippen molar-refractivity contribution in [2.24, 2.45) is 0 Å². The largest absolute Gasteiger partial charge is 0.494 e. The zero-order chi connectivity index (χ0) is 14.6. The number of carbonyl (C=O) groups excluding carboxylic acids is 1. The summed E-state index contributed by atoms with van der Waals surface area (Å²) in [6.45, 7) is 4.48. The van der Waals surface area contributed by atoms with Gasteiger partial charge < -0.3 is 9.47 Å². The third-order valence-corrected chi connectivity index (χ3v) is 2.74. The van der Waals surface area contributed by atoms with Crippen LogP contribution in [0.25, 0.3) is 0 Å². The van der Waals surface area contributed by atoms with Crippen molar-refractivity contribution in [2.75, 3.05) is 13.2 Å². The SMILES string of the molecule is C#Cc1ccc(OCCCCCCOC(=O)C=C)cc1. The molecular formula is C17H20O3.